The molecule has 2 N–H and O–H groups in total. The van der Waals surface area contributed by atoms with Gasteiger partial charge in [-0.15, -0.1) is 0 Å². The van der Waals surface area contributed by atoms with E-state index in [4.69, 9.17) is 19.9 Å². The normalized spacial score (nSPS) is 11.3. The molecule has 0 bridgehead atoms. The largest absolute Gasteiger partial charge is 0.497 e. The van der Waals surface area contributed by atoms with Crippen molar-refractivity contribution in [3.05, 3.63) is 18.2 Å². The molecule has 4 nitrogen and oxygen atoms in total. The van der Waals surface area contributed by atoms with Gasteiger partial charge in [-0.2, -0.15) is 0 Å². The van der Waals surface area contributed by atoms with Gasteiger partial charge in [0, 0.05) is 6.07 Å². The van der Waals surface area contributed by atoms with E-state index < -0.39 is 0 Å². The average Bonchev–Trinajstić information content (AvgIpc) is 2.25. The second-order valence-electron chi connectivity index (χ2n) is 4.71. The van der Waals surface area contributed by atoms with Crippen LogP contribution in [0.1, 0.15) is 20.8 Å². The summed E-state index contributed by atoms with van der Waals surface area (Å²) >= 11 is 0. The average molecular weight is 239 g/mol. The molecule has 0 aliphatic carbocycles. The first-order chi connectivity index (χ1) is 7.92. The SMILES string of the molecule is COc1ccc(N)c(OCCOC(C)(C)C)c1. The zero-order valence-corrected chi connectivity index (χ0v) is 10.9. The summed E-state index contributed by atoms with van der Waals surface area (Å²) in [5.41, 5.74) is 6.24. The van der Waals surface area contributed by atoms with Gasteiger partial charge in [0.1, 0.15) is 18.1 Å². The third-order valence-electron chi connectivity index (χ3n) is 2.10. The monoisotopic (exact) mass is 239 g/mol. The van der Waals surface area contributed by atoms with Gasteiger partial charge in [-0.1, -0.05) is 0 Å². The van der Waals surface area contributed by atoms with E-state index in [1.165, 1.54) is 0 Å². The predicted molar refractivity (Wildman–Crippen MR) is 68.6 cm³/mol. The van der Waals surface area contributed by atoms with Crippen LogP contribution >= 0.6 is 0 Å². The van der Waals surface area contributed by atoms with E-state index in [1.54, 1.807) is 25.3 Å². The third-order valence-corrected chi connectivity index (χ3v) is 2.10. The van der Waals surface area contributed by atoms with Crippen LogP contribution in [0.2, 0.25) is 0 Å². The van der Waals surface area contributed by atoms with Gasteiger partial charge < -0.3 is 19.9 Å². The highest BCUT2D eigenvalue weighted by Crippen LogP contribution is 2.26. The van der Waals surface area contributed by atoms with E-state index in [9.17, 15) is 0 Å². The number of rotatable bonds is 5. The van der Waals surface area contributed by atoms with Gasteiger partial charge in [0.25, 0.3) is 0 Å². The lowest BCUT2D eigenvalue weighted by Gasteiger charge is -2.19. The second kappa shape index (κ2) is 5.77. The van der Waals surface area contributed by atoms with Crippen LogP contribution in [0.3, 0.4) is 0 Å². The fraction of sp³-hybridized carbons (Fsp3) is 0.538. The van der Waals surface area contributed by atoms with Crippen LogP contribution in [0.4, 0.5) is 5.69 Å². The Hall–Kier alpha value is -1.42. The molecular formula is C13H21NO3. The quantitative estimate of drug-likeness (QED) is 0.633. The molecule has 1 aromatic rings. The maximum atomic E-state index is 5.79. The van der Waals surface area contributed by atoms with Gasteiger partial charge in [0.2, 0.25) is 0 Å². The Labute approximate surface area is 103 Å². The number of hydrogen-bond donors (Lipinski definition) is 1. The number of benzene rings is 1. The Morgan fingerprint density at radius 1 is 1.18 bits per heavy atom. The smallest absolute Gasteiger partial charge is 0.145 e. The number of methoxy groups -OCH3 is 1. The molecule has 0 aliphatic heterocycles. The molecule has 4 heteroatoms. The molecule has 0 aromatic heterocycles. The van der Waals surface area contributed by atoms with Crippen molar-refractivity contribution in [2.75, 3.05) is 26.1 Å². The summed E-state index contributed by atoms with van der Waals surface area (Å²) in [6.45, 7) is 7.02. The first-order valence-electron chi connectivity index (χ1n) is 5.62. The van der Waals surface area contributed by atoms with E-state index in [0.29, 0.717) is 24.7 Å². The minimum Gasteiger partial charge on any atom is -0.497 e. The Morgan fingerprint density at radius 3 is 2.47 bits per heavy atom. The lowest BCUT2D eigenvalue weighted by Crippen LogP contribution is -2.22. The minimum atomic E-state index is -0.150. The molecule has 0 saturated heterocycles. The summed E-state index contributed by atoms with van der Waals surface area (Å²) in [5, 5.41) is 0. The van der Waals surface area contributed by atoms with Gasteiger partial charge in [0.15, 0.2) is 0 Å². The van der Waals surface area contributed by atoms with Gasteiger partial charge in [0.05, 0.1) is 25.0 Å². The van der Waals surface area contributed by atoms with Gasteiger partial charge in [-0.3, -0.25) is 0 Å². The fourth-order valence-electron chi connectivity index (χ4n) is 1.27. The van der Waals surface area contributed by atoms with Gasteiger partial charge in [-0.25, -0.2) is 0 Å². The Bertz CT molecular complexity index is 358. The summed E-state index contributed by atoms with van der Waals surface area (Å²) in [4.78, 5) is 0. The van der Waals surface area contributed by atoms with Crippen LogP contribution in [0.15, 0.2) is 18.2 Å². The summed E-state index contributed by atoms with van der Waals surface area (Å²) in [6.07, 6.45) is 0. The van der Waals surface area contributed by atoms with E-state index in [1.807, 2.05) is 20.8 Å². The summed E-state index contributed by atoms with van der Waals surface area (Å²) in [6, 6.07) is 5.33. The van der Waals surface area contributed by atoms with Gasteiger partial charge in [-0.05, 0) is 32.9 Å². The van der Waals surface area contributed by atoms with Crippen molar-refractivity contribution in [1.29, 1.82) is 0 Å². The van der Waals surface area contributed by atoms with Crippen molar-refractivity contribution in [3.8, 4) is 11.5 Å². The second-order valence-corrected chi connectivity index (χ2v) is 4.71. The Kier molecular flexibility index (Phi) is 4.63. The highest BCUT2D eigenvalue weighted by Gasteiger charge is 2.09. The van der Waals surface area contributed by atoms with E-state index in [0.717, 1.165) is 5.75 Å². The highest BCUT2D eigenvalue weighted by atomic mass is 16.5. The Balaban J connectivity index is 2.46. The van der Waals surface area contributed by atoms with E-state index in [-0.39, 0.29) is 5.60 Å². The molecule has 0 unspecified atom stereocenters. The standard InChI is InChI=1S/C13H21NO3/c1-13(2,3)17-8-7-16-12-9-10(15-4)5-6-11(12)14/h5-6,9H,7-8,14H2,1-4H3. The number of ether oxygens (including phenoxy) is 3. The topological polar surface area (TPSA) is 53.7 Å². The summed E-state index contributed by atoms with van der Waals surface area (Å²) in [7, 11) is 1.61. The molecule has 0 saturated carbocycles. The number of hydrogen-bond acceptors (Lipinski definition) is 4. The van der Waals surface area contributed by atoms with Crippen LogP contribution in [-0.2, 0) is 4.74 Å². The molecule has 0 atom stereocenters. The first kappa shape index (κ1) is 13.6. The van der Waals surface area contributed by atoms with Crippen molar-refractivity contribution in [1.82, 2.24) is 0 Å². The van der Waals surface area contributed by atoms with Crippen LogP contribution in [0.25, 0.3) is 0 Å². The highest BCUT2D eigenvalue weighted by molar-refractivity contribution is 5.55. The van der Waals surface area contributed by atoms with Crippen molar-refractivity contribution in [3.63, 3.8) is 0 Å². The molecule has 0 spiro atoms. The molecule has 0 radical (unpaired) electrons. The molecule has 96 valence electrons. The van der Waals surface area contributed by atoms with Crippen molar-refractivity contribution < 1.29 is 14.2 Å². The lowest BCUT2D eigenvalue weighted by molar-refractivity contribution is -0.0162. The number of anilines is 1. The van der Waals surface area contributed by atoms with Crippen LogP contribution in [-0.4, -0.2) is 25.9 Å². The van der Waals surface area contributed by atoms with Crippen LogP contribution in [0, 0.1) is 0 Å². The number of nitrogens with two attached hydrogens (primary N) is 1. The Morgan fingerprint density at radius 2 is 1.88 bits per heavy atom. The molecule has 1 aromatic carbocycles. The lowest BCUT2D eigenvalue weighted by atomic mass is 10.2. The zero-order valence-electron chi connectivity index (χ0n) is 10.9. The molecule has 0 heterocycles. The van der Waals surface area contributed by atoms with Crippen LogP contribution < -0.4 is 15.2 Å². The zero-order chi connectivity index (χ0) is 12.9. The third kappa shape index (κ3) is 4.95. The maximum Gasteiger partial charge on any atom is 0.145 e. The summed E-state index contributed by atoms with van der Waals surface area (Å²) in [5.74, 6) is 1.35. The molecule has 0 amide bonds. The minimum absolute atomic E-state index is 0.150. The van der Waals surface area contributed by atoms with Crippen LogP contribution in [0.5, 0.6) is 11.5 Å². The molecular weight excluding hydrogens is 218 g/mol. The fourth-order valence-corrected chi connectivity index (χ4v) is 1.27. The van der Waals surface area contributed by atoms with Crippen molar-refractivity contribution in [2.24, 2.45) is 0 Å². The predicted octanol–water partition coefficient (Wildman–Crippen LogP) is 2.47. The first-order valence-corrected chi connectivity index (χ1v) is 5.62. The van der Waals surface area contributed by atoms with Gasteiger partial charge >= 0.3 is 0 Å². The maximum absolute atomic E-state index is 5.79. The molecule has 1 rings (SSSR count). The number of nitrogen functional groups attached to an aromatic ring is 1. The van der Waals surface area contributed by atoms with Crippen molar-refractivity contribution in [2.45, 2.75) is 26.4 Å². The molecule has 0 fully saturated rings. The van der Waals surface area contributed by atoms with E-state index in [2.05, 4.69) is 0 Å². The molecule has 0 aliphatic rings. The van der Waals surface area contributed by atoms with E-state index >= 15 is 0 Å². The molecule has 17 heavy (non-hydrogen) atoms. The van der Waals surface area contributed by atoms with Crippen molar-refractivity contribution >= 4 is 5.69 Å². The summed E-state index contributed by atoms with van der Waals surface area (Å²) < 4.78 is 16.2.